The van der Waals surface area contributed by atoms with Crippen molar-refractivity contribution in [2.45, 2.75) is 12.8 Å². The Bertz CT molecular complexity index is 628. The molecule has 94 valence electrons. The quantitative estimate of drug-likeness (QED) is 0.908. The van der Waals surface area contributed by atoms with Crippen LogP contribution in [0.4, 0.5) is 0 Å². The van der Waals surface area contributed by atoms with Crippen LogP contribution in [-0.2, 0) is 11.2 Å². The third-order valence-electron chi connectivity index (χ3n) is 2.55. The van der Waals surface area contributed by atoms with Crippen LogP contribution in [0.3, 0.4) is 0 Å². The van der Waals surface area contributed by atoms with E-state index in [4.69, 9.17) is 28.3 Å². The summed E-state index contributed by atoms with van der Waals surface area (Å²) in [5.41, 5.74) is 0.322. The molecule has 0 aliphatic heterocycles. The van der Waals surface area contributed by atoms with E-state index in [-0.39, 0.29) is 18.6 Å². The number of hydrogen-bond donors (Lipinski definition) is 2. The van der Waals surface area contributed by atoms with Crippen molar-refractivity contribution in [1.29, 1.82) is 0 Å². The zero-order valence-corrected chi connectivity index (χ0v) is 10.7. The van der Waals surface area contributed by atoms with E-state index < -0.39 is 5.97 Å². The van der Waals surface area contributed by atoms with E-state index in [0.717, 1.165) is 0 Å². The third kappa shape index (κ3) is 2.49. The highest BCUT2D eigenvalue weighted by Crippen LogP contribution is 2.34. The molecule has 0 saturated carbocycles. The smallest absolute Gasteiger partial charge is 0.303 e. The van der Waals surface area contributed by atoms with E-state index in [1.54, 1.807) is 12.1 Å². The molecule has 0 saturated heterocycles. The summed E-state index contributed by atoms with van der Waals surface area (Å²) in [5, 5.41) is 20.5. The molecular formula is C12H9Cl2NO3. The van der Waals surface area contributed by atoms with Gasteiger partial charge in [-0.15, -0.1) is 0 Å². The molecule has 2 aromatic rings. The van der Waals surface area contributed by atoms with Crippen LogP contribution in [0.5, 0.6) is 5.75 Å². The molecule has 6 heteroatoms. The number of pyridine rings is 1. The lowest BCUT2D eigenvalue weighted by molar-refractivity contribution is -0.136. The number of aryl methyl sites for hydroxylation is 1. The second-order valence-electron chi connectivity index (χ2n) is 3.80. The molecule has 2 N–H and O–H groups in total. The van der Waals surface area contributed by atoms with Gasteiger partial charge in [0.25, 0.3) is 0 Å². The predicted octanol–water partition coefficient (Wildman–Crippen LogP) is 3.26. The van der Waals surface area contributed by atoms with Crippen molar-refractivity contribution < 1.29 is 15.0 Å². The summed E-state index contributed by atoms with van der Waals surface area (Å²) in [4.78, 5) is 14.5. The summed E-state index contributed by atoms with van der Waals surface area (Å²) in [7, 11) is 0. The topological polar surface area (TPSA) is 70.4 Å². The van der Waals surface area contributed by atoms with Gasteiger partial charge in [-0.25, -0.2) is 0 Å². The van der Waals surface area contributed by atoms with Gasteiger partial charge in [-0.1, -0.05) is 23.2 Å². The number of carboxylic acid groups (broad SMARTS) is 1. The van der Waals surface area contributed by atoms with Crippen LogP contribution in [0.1, 0.15) is 12.1 Å². The van der Waals surface area contributed by atoms with Crippen molar-refractivity contribution in [3.8, 4) is 5.75 Å². The van der Waals surface area contributed by atoms with Crippen LogP contribution >= 0.6 is 23.2 Å². The Morgan fingerprint density at radius 3 is 2.67 bits per heavy atom. The normalized spacial score (nSPS) is 10.8. The average molecular weight is 286 g/mol. The first-order valence-electron chi connectivity index (χ1n) is 5.16. The number of hydrogen-bond acceptors (Lipinski definition) is 3. The molecule has 2 rings (SSSR count). The molecule has 4 nitrogen and oxygen atoms in total. The maximum atomic E-state index is 10.5. The molecule has 0 aliphatic rings. The van der Waals surface area contributed by atoms with Crippen molar-refractivity contribution in [3.05, 3.63) is 34.1 Å². The van der Waals surface area contributed by atoms with Crippen molar-refractivity contribution in [1.82, 2.24) is 4.98 Å². The molecule has 0 amide bonds. The van der Waals surface area contributed by atoms with Gasteiger partial charge in [-0.05, 0) is 12.1 Å². The molecule has 0 spiro atoms. The molecule has 1 heterocycles. The Morgan fingerprint density at radius 2 is 2.00 bits per heavy atom. The van der Waals surface area contributed by atoms with Gasteiger partial charge in [-0.2, -0.15) is 0 Å². The van der Waals surface area contributed by atoms with Gasteiger partial charge in [0.2, 0.25) is 0 Å². The SMILES string of the molecule is O=C(O)CCc1ncc2c(Cl)cc(Cl)cc2c1O. The number of aromatic nitrogens is 1. The molecule has 0 radical (unpaired) electrons. The maximum Gasteiger partial charge on any atom is 0.303 e. The van der Waals surface area contributed by atoms with Gasteiger partial charge in [0.1, 0.15) is 5.75 Å². The van der Waals surface area contributed by atoms with Crippen LogP contribution in [0.15, 0.2) is 18.3 Å². The molecule has 0 fully saturated rings. The van der Waals surface area contributed by atoms with Gasteiger partial charge in [-0.3, -0.25) is 9.78 Å². The van der Waals surface area contributed by atoms with Crippen LogP contribution in [0.25, 0.3) is 10.8 Å². The maximum absolute atomic E-state index is 10.5. The van der Waals surface area contributed by atoms with E-state index in [9.17, 15) is 9.90 Å². The minimum absolute atomic E-state index is 0.0712. The minimum atomic E-state index is -0.944. The van der Waals surface area contributed by atoms with Crippen LogP contribution in [0.2, 0.25) is 10.0 Å². The molecule has 0 unspecified atom stereocenters. The number of fused-ring (bicyclic) bond motifs is 1. The Labute approximate surface area is 113 Å². The van der Waals surface area contributed by atoms with Crippen LogP contribution in [-0.4, -0.2) is 21.2 Å². The Hall–Kier alpha value is -1.52. The summed E-state index contributed by atoms with van der Waals surface area (Å²) >= 11 is 11.9. The van der Waals surface area contributed by atoms with Gasteiger partial charge >= 0.3 is 5.97 Å². The summed E-state index contributed by atoms with van der Waals surface area (Å²) in [6.45, 7) is 0. The van der Waals surface area contributed by atoms with Crippen molar-refractivity contribution in [3.63, 3.8) is 0 Å². The summed E-state index contributed by atoms with van der Waals surface area (Å²) in [6.07, 6.45) is 1.56. The highest BCUT2D eigenvalue weighted by Gasteiger charge is 2.12. The number of carboxylic acids is 1. The molecular weight excluding hydrogens is 277 g/mol. The van der Waals surface area contributed by atoms with Gasteiger partial charge in [0.05, 0.1) is 17.1 Å². The minimum Gasteiger partial charge on any atom is -0.505 e. The van der Waals surface area contributed by atoms with Crippen LogP contribution < -0.4 is 0 Å². The molecule has 18 heavy (non-hydrogen) atoms. The van der Waals surface area contributed by atoms with E-state index in [0.29, 0.717) is 26.5 Å². The van der Waals surface area contributed by atoms with E-state index in [1.165, 1.54) is 6.20 Å². The average Bonchev–Trinajstić information content (AvgIpc) is 2.29. The Balaban J connectivity index is 2.53. The van der Waals surface area contributed by atoms with Gasteiger partial charge < -0.3 is 10.2 Å². The van der Waals surface area contributed by atoms with E-state index in [2.05, 4.69) is 4.98 Å². The van der Waals surface area contributed by atoms with Gasteiger partial charge in [0.15, 0.2) is 0 Å². The summed E-state index contributed by atoms with van der Waals surface area (Å²) < 4.78 is 0. The monoisotopic (exact) mass is 285 g/mol. The second-order valence-corrected chi connectivity index (χ2v) is 4.64. The highest BCUT2D eigenvalue weighted by atomic mass is 35.5. The number of halogens is 2. The van der Waals surface area contributed by atoms with Crippen molar-refractivity contribution >= 4 is 39.9 Å². The fraction of sp³-hybridized carbons (Fsp3) is 0.167. The predicted molar refractivity (Wildman–Crippen MR) is 69.4 cm³/mol. The number of benzene rings is 1. The number of nitrogens with zero attached hydrogens (tertiary/aromatic N) is 1. The van der Waals surface area contributed by atoms with Crippen LogP contribution in [0, 0.1) is 0 Å². The molecule has 1 aromatic heterocycles. The standard InChI is InChI=1S/C12H9Cl2NO3/c13-6-3-7-8(9(14)4-6)5-15-10(12(7)18)1-2-11(16)17/h3-5,18H,1-2H2,(H,16,17). The fourth-order valence-corrected chi connectivity index (χ4v) is 2.22. The first-order chi connectivity index (χ1) is 8.49. The Kier molecular flexibility index (Phi) is 3.59. The zero-order chi connectivity index (χ0) is 13.3. The first kappa shape index (κ1) is 12.9. The molecule has 0 bridgehead atoms. The molecule has 0 aliphatic carbocycles. The lowest BCUT2D eigenvalue weighted by atomic mass is 10.1. The Morgan fingerprint density at radius 1 is 1.28 bits per heavy atom. The van der Waals surface area contributed by atoms with Crippen molar-refractivity contribution in [2.75, 3.05) is 0 Å². The lowest BCUT2D eigenvalue weighted by Crippen LogP contribution is -1.99. The second kappa shape index (κ2) is 5.00. The highest BCUT2D eigenvalue weighted by molar-refractivity contribution is 6.38. The summed E-state index contributed by atoms with van der Waals surface area (Å²) in [5.74, 6) is -1.02. The third-order valence-corrected chi connectivity index (χ3v) is 3.08. The number of aliphatic carboxylic acids is 1. The zero-order valence-electron chi connectivity index (χ0n) is 9.15. The molecule has 0 atom stereocenters. The molecule has 1 aromatic carbocycles. The van der Waals surface area contributed by atoms with E-state index >= 15 is 0 Å². The van der Waals surface area contributed by atoms with Gasteiger partial charge in [0, 0.05) is 28.4 Å². The van der Waals surface area contributed by atoms with Crippen molar-refractivity contribution in [2.24, 2.45) is 0 Å². The summed E-state index contributed by atoms with van der Waals surface area (Å²) in [6, 6.07) is 3.13. The lowest BCUT2D eigenvalue weighted by Gasteiger charge is -2.08. The van der Waals surface area contributed by atoms with E-state index in [1.807, 2.05) is 0 Å². The first-order valence-corrected chi connectivity index (χ1v) is 5.92. The largest absolute Gasteiger partial charge is 0.505 e. The number of rotatable bonds is 3. The number of aromatic hydroxyl groups is 1. The fourth-order valence-electron chi connectivity index (χ4n) is 1.68. The number of carbonyl (C=O) groups is 1.